The molecule has 0 atom stereocenters. The molecule has 4 aromatic rings. The normalized spacial score (nSPS) is 11.2. The molecule has 0 spiro atoms. The Morgan fingerprint density at radius 1 is 0.703 bits per heavy atom. The molecule has 1 amide bonds. The summed E-state index contributed by atoms with van der Waals surface area (Å²) in [6, 6.07) is 33.6. The standard InChI is InChI=1S/C29H27BrNO5P/c30-26-16-17-27(28(18-26)34-19-23-10-4-1-5-11-23)29(32)31-22-37(33,35-20-24-12-6-2-7-13-24)36-21-25-14-8-3-9-15-25/h1-18H,19-22H2,(H,31,32). The van der Waals surface area contributed by atoms with E-state index in [1.54, 1.807) is 18.2 Å². The van der Waals surface area contributed by atoms with E-state index in [0.29, 0.717) is 17.9 Å². The van der Waals surface area contributed by atoms with Gasteiger partial charge in [-0.15, -0.1) is 0 Å². The first-order valence-electron chi connectivity index (χ1n) is 11.7. The second-order valence-electron chi connectivity index (χ2n) is 8.21. The molecule has 4 rings (SSSR count). The number of benzene rings is 4. The van der Waals surface area contributed by atoms with Crippen LogP contribution in [0.4, 0.5) is 0 Å². The van der Waals surface area contributed by atoms with E-state index < -0.39 is 13.5 Å². The van der Waals surface area contributed by atoms with E-state index in [1.807, 2.05) is 91.0 Å². The summed E-state index contributed by atoms with van der Waals surface area (Å²) < 4.78 is 31.9. The Morgan fingerprint density at radius 3 is 1.70 bits per heavy atom. The summed E-state index contributed by atoms with van der Waals surface area (Å²) in [5.41, 5.74) is 2.99. The van der Waals surface area contributed by atoms with Gasteiger partial charge in [-0.1, -0.05) is 107 Å². The Kier molecular flexibility index (Phi) is 9.69. The molecule has 37 heavy (non-hydrogen) atoms. The van der Waals surface area contributed by atoms with Crippen molar-refractivity contribution in [3.8, 4) is 5.75 Å². The number of hydrogen-bond donors (Lipinski definition) is 1. The van der Waals surface area contributed by atoms with E-state index in [0.717, 1.165) is 21.2 Å². The number of amides is 1. The third kappa shape index (κ3) is 8.41. The Hall–Kier alpha value is -3.22. The number of halogens is 1. The molecule has 190 valence electrons. The molecular weight excluding hydrogens is 553 g/mol. The highest BCUT2D eigenvalue weighted by atomic mass is 79.9. The molecule has 4 aromatic carbocycles. The van der Waals surface area contributed by atoms with Gasteiger partial charge in [0.1, 0.15) is 18.6 Å². The maximum atomic E-state index is 13.6. The van der Waals surface area contributed by atoms with Crippen molar-refractivity contribution in [3.05, 3.63) is 136 Å². The summed E-state index contributed by atoms with van der Waals surface area (Å²) in [7, 11) is -3.69. The van der Waals surface area contributed by atoms with Gasteiger partial charge in [0, 0.05) is 4.47 Å². The number of ether oxygens (including phenoxy) is 1. The molecule has 8 heteroatoms. The van der Waals surface area contributed by atoms with Gasteiger partial charge in [-0.3, -0.25) is 9.36 Å². The average molecular weight is 580 g/mol. The molecule has 0 radical (unpaired) electrons. The van der Waals surface area contributed by atoms with Crippen LogP contribution < -0.4 is 10.1 Å². The summed E-state index contributed by atoms with van der Waals surface area (Å²) in [5, 5.41) is 2.72. The number of nitrogens with one attached hydrogen (secondary N) is 1. The molecule has 0 aliphatic carbocycles. The number of carbonyl (C=O) groups excluding carboxylic acids is 1. The lowest BCUT2D eigenvalue weighted by atomic mass is 10.2. The van der Waals surface area contributed by atoms with Crippen LogP contribution in [0.25, 0.3) is 0 Å². The number of rotatable bonds is 12. The highest BCUT2D eigenvalue weighted by Gasteiger charge is 2.27. The van der Waals surface area contributed by atoms with Crippen molar-refractivity contribution in [2.45, 2.75) is 19.8 Å². The Labute approximate surface area is 225 Å². The number of carbonyl (C=O) groups is 1. The van der Waals surface area contributed by atoms with Crippen LogP contribution in [0.5, 0.6) is 5.75 Å². The second-order valence-corrected chi connectivity index (χ2v) is 11.2. The van der Waals surface area contributed by atoms with Crippen LogP contribution in [0.15, 0.2) is 114 Å². The van der Waals surface area contributed by atoms with E-state index in [2.05, 4.69) is 21.2 Å². The van der Waals surface area contributed by atoms with Gasteiger partial charge in [0.25, 0.3) is 5.91 Å². The summed E-state index contributed by atoms with van der Waals surface area (Å²) in [4.78, 5) is 13.1. The first-order valence-corrected chi connectivity index (χ1v) is 14.2. The third-order valence-electron chi connectivity index (χ3n) is 5.40. The molecule has 0 saturated carbocycles. The van der Waals surface area contributed by atoms with E-state index >= 15 is 0 Å². The van der Waals surface area contributed by atoms with Crippen LogP contribution in [-0.2, 0) is 33.4 Å². The zero-order valence-electron chi connectivity index (χ0n) is 20.1. The molecule has 0 fully saturated rings. The van der Waals surface area contributed by atoms with Gasteiger partial charge in [0.2, 0.25) is 0 Å². The Balaban J connectivity index is 1.45. The van der Waals surface area contributed by atoms with Crippen LogP contribution in [-0.4, -0.2) is 12.2 Å². The predicted molar refractivity (Wildman–Crippen MR) is 147 cm³/mol. The van der Waals surface area contributed by atoms with Crippen LogP contribution in [0, 0.1) is 0 Å². The fourth-order valence-electron chi connectivity index (χ4n) is 3.43. The van der Waals surface area contributed by atoms with Gasteiger partial charge in [0.15, 0.2) is 0 Å². The lowest BCUT2D eigenvalue weighted by Gasteiger charge is -2.20. The van der Waals surface area contributed by atoms with Crippen LogP contribution in [0.1, 0.15) is 27.0 Å². The van der Waals surface area contributed by atoms with Gasteiger partial charge in [-0.2, -0.15) is 0 Å². The molecule has 6 nitrogen and oxygen atoms in total. The largest absolute Gasteiger partial charge is 0.488 e. The summed E-state index contributed by atoms with van der Waals surface area (Å²) in [6.07, 6.45) is -0.292. The van der Waals surface area contributed by atoms with Gasteiger partial charge in [0.05, 0.1) is 18.8 Å². The van der Waals surface area contributed by atoms with Crippen molar-refractivity contribution in [2.24, 2.45) is 0 Å². The van der Waals surface area contributed by atoms with Crippen molar-refractivity contribution in [1.29, 1.82) is 0 Å². The van der Waals surface area contributed by atoms with Crippen molar-refractivity contribution >= 4 is 29.4 Å². The van der Waals surface area contributed by atoms with Crippen molar-refractivity contribution in [3.63, 3.8) is 0 Å². The van der Waals surface area contributed by atoms with Crippen molar-refractivity contribution in [2.75, 3.05) is 6.29 Å². The zero-order valence-corrected chi connectivity index (χ0v) is 22.6. The molecule has 0 aliphatic rings. The quantitative estimate of drug-likeness (QED) is 0.178. The van der Waals surface area contributed by atoms with Gasteiger partial charge in [-0.25, -0.2) is 0 Å². The molecule has 1 N–H and O–H groups in total. The Bertz CT molecular complexity index is 1290. The highest BCUT2D eigenvalue weighted by molar-refractivity contribution is 9.10. The minimum atomic E-state index is -3.69. The van der Waals surface area contributed by atoms with E-state index in [9.17, 15) is 9.36 Å². The lowest BCUT2D eigenvalue weighted by molar-refractivity contribution is 0.0948. The van der Waals surface area contributed by atoms with E-state index in [1.165, 1.54) is 0 Å². The monoisotopic (exact) mass is 579 g/mol. The predicted octanol–water partition coefficient (Wildman–Crippen LogP) is 7.34. The number of hydrogen-bond acceptors (Lipinski definition) is 5. The molecule has 0 unspecified atom stereocenters. The van der Waals surface area contributed by atoms with Gasteiger partial charge < -0.3 is 19.1 Å². The summed E-state index contributed by atoms with van der Waals surface area (Å²) in [5.74, 6) is -0.0385. The maximum absolute atomic E-state index is 13.6. The average Bonchev–Trinajstić information content (AvgIpc) is 2.94. The molecule has 0 bridgehead atoms. The van der Waals surface area contributed by atoms with Gasteiger partial charge in [-0.05, 0) is 34.9 Å². The minimum absolute atomic E-state index is 0.0898. The van der Waals surface area contributed by atoms with Crippen molar-refractivity contribution in [1.82, 2.24) is 5.32 Å². The van der Waals surface area contributed by atoms with Crippen molar-refractivity contribution < 1.29 is 23.1 Å². The second kappa shape index (κ2) is 13.4. The highest BCUT2D eigenvalue weighted by Crippen LogP contribution is 2.48. The minimum Gasteiger partial charge on any atom is -0.488 e. The maximum Gasteiger partial charge on any atom is 0.350 e. The van der Waals surface area contributed by atoms with Crippen LogP contribution >= 0.6 is 23.5 Å². The van der Waals surface area contributed by atoms with E-state index in [4.69, 9.17) is 13.8 Å². The zero-order chi connectivity index (χ0) is 25.9. The molecule has 0 aliphatic heterocycles. The SMILES string of the molecule is O=C(NCP(=O)(OCc1ccccc1)OCc1ccccc1)c1ccc(Br)cc1OCc1ccccc1. The Morgan fingerprint density at radius 2 is 1.19 bits per heavy atom. The first-order chi connectivity index (χ1) is 18.0. The molecule has 0 heterocycles. The third-order valence-corrected chi connectivity index (χ3v) is 7.48. The fraction of sp³-hybridized carbons (Fsp3) is 0.138. The van der Waals surface area contributed by atoms with Gasteiger partial charge >= 0.3 is 7.60 Å². The summed E-state index contributed by atoms with van der Waals surface area (Å²) >= 11 is 3.43. The molecular formula is C29H27BrNO5P. The fourth-order valence-corrected chi connectivity index (χ4v) is 5.05. The van der Waals surface area contributed by atoms with Crippen LogP contribution in [0.2, 0.25) is 0 Å². The van der Waals surface area contributed by atoms with Crippen LogP contribution in [0.3, 0.4) is 0 Å². The smallest absolute Gasteiger partial charge is 0.350 e. The molecule has 0 saturated heterocycles. The summed E-state index contributed by atoms with van der Waals surface area (Å²) in [6.45, 7) is 0.482. The lowest BCUT2D eigenvalue weighted by Crippen LogP contribution is -2.26. The first kappa shape index (κ1) is 26.8. The topological polar surface area (TPSA) is 73.9 Å². The molecule has 0 aromatic heterocycles. The van der Waals surface area contributed by atoms with E-state index in [-0.39, 0.29) is 19.5 Å².